The molecule has 5 heteroatoms. The van der Waals surface area contributed by atoms with Gasteiger partial charge in [-0.2, -0.15) is 13.2 Å². The zero-order valence-corrected chi connectivity index (χ0v) is 26.5. The summed E-state index contributed by atoms with van der Waals surface area (Å²) >= 11 is 0. The van der Waals surface area contributed by atoms with Gasteiger partial charge in [-0.15, -0.1) is 0 Å². The first-order chi connectivity index (χ1) is 22.3. The lowest BCUT2D eigenvalue weighted by Crippen LogP contribution is -2.11. The molecular weight excluding hydrogens is 577 g/mol. The molecular formula is C41H37F3N2. The molecule has 0 aliphatic rings. The van der Waals surface area contributed by atoms with Gasteiger partial charge >= 0.3 is 6.18 Å². The second kappa shape index (κ2) is 14.2. The van der Waals surface area contributed by atoms with Crippen molar-refractivity contribution in [2.24, 2.45) is 0 Å². The number of aryl methyl sites for hydroxylation is 1. The van der Waals surface area contributed by atoms with Gasteiger partial charge in [0, 0.05) is 35.5 Å². The van der Waals surface area contributed by atoms with E-state index in [2.05, 4.69) is 96.8 Å². The summed E-state index contributed by atoms with van der Waals surface area (Å²) in [6, 6.07) is 49.1. The topological polar surface area (TPSA) is 6.48 Å². The van der Waals surface area contributed by atoms with Crippen LogP contribution in [0.25, 0.3) is 22.3 Å². The monoisotopic (exact) mass is 614 g/mol. The van der Waals surface area contributed by atoms with Gasteiger partial charge in [-0.1, -0.05) is 104 Å². The zero-order chi connectivity index (χ0) is 32.7. The molecule has 6 aromatic rings. The molecule has 0 radical (unpaired) electrons. The van der Waals surface area contributed by atoms with Crippen LogP contribution in [0, 0.1) is 6.92 Å². The third kappa shape index (κ3) is 7.32. The van der Waals surface area contributed by atoms with Gasteiger partial charge in [0.25, 0.3) is 0 Å². The molecule has 6 aromatic carbocycles. The summed E-state index contributed by atoms with van der Waals surface area (Å²) in [5, 5.41) is 0. The Labute approximate surface area is 270 Å². The number of hydrogen-bond acceptors (Lipinski definition) is 2. The van der Waals surface area contributed by atoms with Crippen LogP contribution in [0.3, 0.4) is 0 Å². The molecule has 0 aliphatic carbocycles. The van der Waals surface area contributed by atoms with Gasteiger partial charge in [-0.05, 0) is 95.9 Å². The van der Waals surface area contributed by atoms with Crippen LogP contribution in [0.1, 0.15) is 25.0 Å². The zero-order valence-electron chi connectivity index (χ0n) is 26.5. The third-order valence-electron chi connectivity index (χ3n) is 7.80. The molecule has 0 N–H and O–H groups in total. The van der Waals surface area contributed by atoms with Crippen LogP contribution in [0.15, 0.2) is 152 Å². The summed E-state index contributed by atoms with van der Waals surface area (Å²) in [6.07, 6.45) is -4.38. The normalized spacial score (nSPS) is 10.9. The van der Waals surface area contributed by atoms with E-state index in [1.54, 1.807) is 18.0 Å². The van der Waals surface area contributed by atoms with Crippen molar-refractivity contribution < 1.29 is 13.2 Å². The predicted molar refractivity (Wildman–Crippen MR) is 188 cm³/mol. The number of alkyl halides is 3. The summed E-state index contributed by atoms with van der Waals surface area (Å²) in [5.74, 6) is 0. The highest BCUT2D eigenvalue weighted by atomic mass is 19.4. The maximum absolute atomic E-state index is 13.2. The van der Waals surface area contributed by atoms with E-state index in [1.807, 2.05) is 56.3 Å². The van der Waals surface area contributed by atoms with Crippen molar-refractivity contribution >= 4 is 28.4 Å². The van der Waals surface area contributed by atoms with Crippen molar-refractivity contribution in [3.8, 4) is 22.3 Å². The molecule has 0 unspecified atom stereocenters. The molecule has 0 spiro atoms. The molecule has 0 saturated heterocycles. The highest BCUT2D eigenvalue weighted by Crippen LogP contribution is 2.37. The maximum Gasteiger partial charge on any atom is 0.416 e. The fourth-order valence-corrected chi connectivity index (χ4v) is 5.29. The summed E-state index contributed by atoms with van der Waals surface area (Å²) in [5.41, 5.74) is 9.42. The van der Waals surface area contributed by atoms with Crippen LogP contribution in [0.2, 0.25) is 0 Å². The van der Waals surface area contributed by atoms with Gasteiger partial charge in [-0.3, -0.25) is 0 Å². The molecule has 46 heavy (non-hydrogen) atoms. The number of benzene rings is 6. The largest absolute Gasteiger partial charge is 0.416 e. The molecule has 6 rings (SSSR count). The van der Waals surface area contributed by atoms with E-state index in [0.29, 0.717) is 5.69 Å². The highest BCUT2D eigenvalue weighted by Gasteiger charge is 2.30. The van der Waals surface area contributed by atoms with Crippen LogP contribution in [-0.4, -0.2) is 7.05 Å². The molecule has 0 aromatic heterocycles. The van der Waals surface area contributed by atoms with Crippen molar-refractivity contribution in [2.45, 2.75) is 26.9 Å². The Bertz CT molecular complexity index is 1830. The van der Waals surface area contributed by atoms with Crippen LogP contribution in [0.4, 0.5) is 41.6 Å². The van der Waals surface area contributed by atoms with Crippen molar-refractivity contribution in [3.05, 3.63) is 163 Å². The van der Waals surface area contributed by atoms with Gasteiger partial charge in [0.15, 0.2) is 0 Å². The molecule has 0 atom stereocenters. The van der Waals surface area contributed by atoms with E-state index in [1.165, 1.54) is 28.8 Å². The number of nitrogens with zero attached hydrogens (tertiary/aromatic N) is 2. The minimum Gasteiger partial charge on any atom is -0.345 e. The average Bonchev–Trinajstić information content (AvgIpc) is 3.10. The second-order valence-corrected chi connectivity index (χ2v) is 10.8. The summed E-state index contributed by atoms with van der Waals surface area (Å²) < 4.78 is 39.6. The van der Waals surface area contributed by atoms with E-state index in [9.17, 15) is 13.2 Å². The Morgan fingerprint density at radius 3 is 1.28 bits per heavy atom. The molecule has 0 fully saturated rings. The lowest BCUT2D eigenvalue weighted by Gasteiger charge is -2.26. The van der Waals surface area contributed by atoms with Crippen molar-refractivity contribution in [1.29, 1.82) is 0 Å². The minimum atomic E-state index is -4.38. The Kier molecular flexibility index (Phi) is 9.92. The SMILES string of the molecule is CC.Cc1ccc(-c2ccc(N(c3ccccc3)c3ccc(-c4ccc(N(C)c5cccc(C(F)(F)F)c5)cc4)cc3)cc2)cc1. The van der Waals surface area contributed by atoms with Crippen molar-refractivity contribution in [1.82, 2.24) is 0 Å². The van der Waals surface area contributed by atoms with Gasteiger partial charge in [0.2, 0.25) is 0 Å². The first-order valence-electron chi connectivity index (χ1n) is 15.4. The van der Waals surface area contributed by atoms with Crippen LogP contribution in [0.5, 0.6) is 0 Å². The smallest absolute Gasteiger partial charge is 0.345 e. The second-order valence-electron chi connectivity index (χ2n) is 10.8. The Morgan fingerprint density at radius 2 is 0.826 bits per heavy atom. The van der Waals surface area contributed by atoms with Crippen molar-refractivity contribution in [2.75, 3.05) is 16.8 Å². The van der Waals surface area contributed by atoms with Crippen LogP contribution in [-0.2, 0) is 6.18 Å². The molecule has 0 amide bonds. The van der Waals surface area contributed by atoms with E-state index < -0.39 is 11.7 Å². The lowest BCUT2D eigenvalue weighted by atomic mass is 10.0. The maximum atomic E-state index is 13.2. The number of hydrogen-bond donors (Lipinski definition) is 0. The molecule has 0 bridgehead atoms. The minimum absolute atomic E-state index is 0.477. The number of rotatable bonds is 7. The summed E-state index contributed by atoms with van der Waals surface area (Å²) in [7, 11) is 1.77. The number of halogens is 3. The average molecular weight is 615 g/mol. The number of anilines is 5. The standard InChI is InChI=1S/C39H31F3N2.C2H6/c1-28-11-13-29(14-12-28)31-17-23-36(24-18-31)44(35-8-4-3-5-9-35)37-25-19-32(20-26-37)30-15-21-34(22-16-30)43(2)38-10-6-7-33(27-38)39(40,41)42;1-2/h3-27H,1-2H3;1-2H3. The fraction of sp³-hybridized carbons (Fsp3) is 0.122. The van der Waals surface area contributed by atoms with E-state index in [-0.39, 0.29) is 0 Å². The lowest BCUT2D eigenvalue weighted by molar-refractivity contribution is -0.137. The molecule has 0 heterocycles. The van der Waals surface area contributed by atoms with E-state index in [0.717, 1.165) is 39.9 Å². The van der Waals surface area contributed by atoms with Crippen molar-refractivity contribution in [3.63, 3.8) is 0 Å². The van der Waals surface area contributed by atoms with Gasteiger partial charge in [0.1, 0.15) is 0 Å². The van der Waals surface area contributed by atoms with E-state index >= 15 is 0 Å². The molecule has 0 aliphatic heterocycles. The van der Waals surface area contributed by atoms with Crippen LogP contribution >= 0.6 is 0 Å². The molecule has 2 nitrogen and oxygen atoms in total. The fourth-order valence-electron chi connectivity index (χ4n) is 5.29. The Morgan fingerprint density at radius 1 is 0.435 bits per heavy atom. The van der Waals surface area contributed by atoms with Gasteiger partial charge in [-0.25, -0.2) is 0 Å². The summed E-state index contributed by atoms with van der Waals surface area (Å²) in [4.78, 5) is 3.99. The highest BCUT2D eigenvalue weighted by molar-refractivity contribution is 5.80. The Balaban J connectivity index is 0.00000204. The predicted octanol–water partition coefficient (Wildman–Crippen LogP) is 12.6. The first-order valence-corrected chi connectivity index (χ1v) is 15.4. The van der Waals surface area contributed by atoms with Gasteiger partial charge < -0.3 is 9.80 Å². The quantitative estimate of drug-likeness (QED) is 0.176. The van der Waals surface area contributed by atoms with Crippen LogP contribution < -0.4 is 9.80 Å². The molecule has 232 valence electrons. The summed E-state index contributed by atoms with van der Waals surface area (Å²) in [6.45, 7) is 6.09. The molecule has 0 saturated carbocycles. The van der Waals surface area contributed by atoms with E-state index in [4.69, 9.17) is 0 Å². The third-order valence-corrected chi connectivity index (χ3v) is 7.80. The first kappa shape index (κ1) is 32.1. The Hall–Kier alpha value is -5.29. The van der Waals surface area contributed by atoms with Gasteiger partial charge in [0.05, 0.1) is 5.56 Å². The number of para-hydroxylation sites is 1.